The molecular formula is C17H17N5O2S. The summed E-state index contributed by atoms with van der Waals surface area (Å²) in [4.78, 5) is 4.30. The third kappa shape index (κ3) is 4.74. The highest BCUT2D eigenvalue weighted by Crippen LogP contribution is 2.21. The number of thioether (sulfide) groups is 1. The minimum atomic E-state index is 0.114. The van der Waals surface area contributed by atoms with Crippen molar-refractivity contribution >= 4 is 23.9 Å². The van der Waals surface area contributed by atoms with Gasteiger partial charge in [-0.2, -0.15) is 10.1 Å². The van der Waals surface area contributed by atoms with E-state index in [4.69, 9.17) is 4.74 Å². The Bertz CT molecular complexity index is 851. The molecule has 3 rings (SSSR count). The number of nitrogens with one attached hydrogen (secondary N) is 2. The highest BCUT2D eigenvalue weighted by molar-refractivity contribution is 7.98. The maximum atomic E-state index is 9.80. The monoisotopic (exact) mass is 355 g/mol. The van der Waals surface area contributed by atoms with Gasteiger partial charge < -0.3 is 9.84 Å². The summed E-state index contributed by atoms with van der Waals surface area (Å²) in [5.74, 6) is 1.97. The average molecular weight is 355 g/mol. The lowest BCUT2D eigenvalue weighted by Gasteiger charge is -2.02. The summed E-state index contributed by atoms with van der Waals surface area (Å²) in [6.07, 6.45) is 1.48. The first-order valence-corrected chi connectivity index (χ1v) is 8.48. The summed E-state index contributed by atoms with van der Waals surface area (Å²) in [5, 5.41) is 21.4. The summed E-state index contributed by atoms with van der Waals surface area (Å²) in [5.41, 5.74) is 4.49. The third-order valence-electron chi connectivity index (χ3n) is 3.28. The Morgan fingerprint density at radius 3 is 2.92 bits per heavy atom. The highest BCUT2D eigenvalue weighted by Gasteiger charge is 2.04. The van der Waals surface area contributed by atoms with E-state index in [-0.39, 0.29) is 5.75 Å². The number of rotatable bonds is 7. The van der Waals surface area contributed by atoms with Crippen LogP contribution < -0.4 is 10.2 Å². The molecule has 3 aromatic rings. The number of hydrogen-bond donors (Lipinski definition) is 3. The number of aromatic hydroxyl groups is 1. The van der Waals surface area contributed by atoms with Crippen molar-refractivity contribution < 1.29 is 9.84 Å². The van der Waals surface area contributed by atoms with Crippen LogP contribution in [0.25, 0.3) is 0 Å². The van der Waals surface area contributed by atoms with Crippen LogP contribution in [0.2, 0.25) is 0 Å². The lowest BCUT2D eigenvalue weighted by atomic mass is 10.2. The molecule has 0 aliphatic heterocycles. The van der Waals surface area contributed by atoms with Crippen LogP contribution in [0.1, 0.15) is 11.1 Å². The van der Waals surface area contributed by atoms with Gasteiger partial charge in [0.05, 0.1) is 13.3 Å². The van der Waals surface area contributed by atoms with E-state index in [9.17, 15) is 5.11 Å². The van der Waals surface area contributed by atoms with Gasteiger partial charge in [-0.3, -0.25) is 0 Å². The average Bonchev–Trinajstić information content (AvgIpc) is 3.10. The van der Waals surface area contributed by atoms with Gasteiger partial charge in [-0.15, -0.1) is 5.10 Å². The van der Waals surface area contributed by atoms with Crippen molar-refractivity contribution in [1.82, 2.24) is 15.2 Å². The molecule has 0 saturated carbocycles. The molecule has 7 nitrogen and oxygen atoms in total. The molecule has 0 fully saturated rings. The van der Waals surface area contributed by atoms with E-state index >= 15 is 0 Å². The molecule has 0 radical (unpaired) electrons. The number of nitrogens with zero attached hydrogens (tertiary/aromatic N) is 3. The van der Waals surface area contributed by atoms with E-state index in [1.54, 1.807) is 25.3 Å². The summed E-state index contributed by atoms with van der Waals surface area (Å²) < 4.78 is 5.12. The van der Waals surface area contributed by atoms with Gasteiger partial charge in [0.25, 0.3) is 0 Å². The Balaban J connectivity index is 1.56. The zero-order chi connectivity index (χ0) is 17.5. The molecule has 128 valence electrons. The van der Waals surface area contributed by atoms with E-state index in [0.29, 0.717) is 22.4 Å². The third-order valence-corrected chi connectivity index (χ3v) is 4.20. The van der Waals surface area contributed by atoms with Crippen molar-refractivity contribution in [3.8, 4) is 11.5 Å². The number of methoxy groups -OCH3 is 1. The normalized spacial score (nSPS) is 10.9. The maximum absolute atomic E-state index is 9.80. The first kappa shape index (κ1) is 16.8. The Morgan fingerprint density at radius 1 is 1.28 bits per heavy atom. The molecule has 0 aliphatic rings. The fourth-order valence-corrected chi connectivity index (χ4v) is 2.76. The second kappa shape index (κ2) is 8.20. The minimum Gasteiger partial charge on any atom is -0.507 e. The summed E-state index contributed by atoms with van der Waals surface area (Å²) >= 11 is 1.53. The van der Waals surface area contributed by atoms with Gasteiger partial charge in [0.15, 0.2) is 0 Å². The number of phenolic OH excluding ortho intramolecular Hbond substituents is 1. The largest absolute Gasteiger partial charge is 0.507 e. The number of H-pyrrole nitrogens is 1. The van der Waals surface area contributed by atoms with Gasteiger partial charge in [-0.05, 0) is 23.8 Å². The SMILES string of the molecule is COc1ccc(O)c(/C=N/Nc2nc(SCc3ccccc3)n[nH]2)c1. The van der Waals surface area contributed by atoms with Crippen LogP contribution in [0.15, 0.2) is 58.8 Å². The van der Waals surface area contributed by atoms with Crippen LogP contribution in [-0.4, -0.2) is 33.6 Å². The number of phenols is 1. The molecule has 3 N–H and O–H groups in total. The second-order valence-electron chi connectivity index (χ2n) is 5.04. The molecule has 0 unspecified atom stereocenters. The lowest BCUT2D eigenvalue weighted by Crippen LogP contribution is -1.93. The first-order valence-electron chi connectivity index (χ1n) is 7.50. The van der Waals surface area contributed by atoms with Crippen LogP contribution in [0.3, 0.4) is 0 Å². The molecule has 1 heterocycles. The van der Waals surface area contributed by atoms with Crippen LogP contribution in [-0.2, 0) is 5.75 Å². The molecule has 0 bridgehead atoms. The van der Waals surface area contributed by atoms with Crippen molar-refractivity contribution in [3.05, 3.63) is 59.7 Å². The molecule has 0 amide bonds. The van der Waals surface area contributed by atoms with E-state index in [0.717, 1.165) is 5.75 Å². The van der Waals surface area contributed by atoms with Gasteiger partial charge in [0.2, 0.25) is 11.1 Å². The first-order chi connectivity index (χ1) is 12.2. The predicted octanol–water partition coefficient (Wildman–Crippen LogP) is 3.26. The van der Waals surface area contributed by atoms with Gasteiger partial charge in [-0.1, -0.05) is 42.1 Å². The smallest absolute Gasteiger partial charge is 0.240 e. The number of aromatic nitrogens is 3. The van der Waals surface area contributed by atoms with Gasteiger partial charge in [-0.25, -0.2) is 10.5 Å². The molecule has 1 aromatic heterocycles. The summed E-state index contributed by atoms with van der Waals surface area (Å²) in [7, 11) is 1.56. The van der Waals surface area contributed by atoms with Gasteiger partial charge in [0.1, 0.15) is 11.5 Å². The van der Waals surface area contributed by atoms with Gasteiger partial charge in [0, 0.05) is 11.3 Å². The fourth-order valence-electron chi connectivity index (χ4n) is 2.01. The summed E-state index contributed by atoms with van der Waals surface area (Å²) in [6.45, 7) is 0. The zero-order valence-corrected chi connectivity index (χ0v) is 14.3. The number of hydrogen-bond acceptors (Lipinski definition) is 7. The highest BCUT2D eigenvalue weighted by atomic mass is 32.2. The number of hydrazone groups is 1. The van der Waals surface area contributed by atoms with Crippen molar-refractivity contribution in [2.75, 3.05) is 12.5 Å². The molecule has 25 heavy (non-hydrogen) atoms. The van der Waals surface area contributed by atoms with Crippen LogP contribution in [0, 0.1) is 0 Å². The molecule has 0 spiro atoms. The quantitative estimate of drug-likeness (QED) is 0.342. The molecular weight excluding hydrogens is 338 g/mol. The molecule has 0 aliphatic carbocycles. The van der Waals surface area contributed by atoms with E-state index < -0.39 is 0 Å². The Labute approximate surface area is 149 Å². The zero-order valence-electron chi connectivity index (χ0n) is 13.5. The lowest BCUT2D eigenvalue weighted by molar-refractivity contribution is 0.412. The number of benzene rings is 2. The predicted molar refractivity (Wildman–Crippen MR) is 98.3 cm³/mol. The molecule has 0 saturated heterocycles. The van der Waals surface area contributed by atoms with E-state index in [1.165, 1.54) is 23.5 Å². The molecule has 0 atom stereocenters. The standard InChI is InChI=1S/C17H17N5O2S/c1-24-14-7-8-15(23)13(9-14)10-18-20-16-19-17(22-21-16)25-11-12-5-3-2-4-6-12/h2-10,23H,11H2,1H3,(H2,19,20,21,22)/b18-10+. The van der Waals surface area contributed by atoms with Crippen molar-refractivity contribution in [2.24, 2.45) is 5.10 Å². The van der Waals surface area contributed by atoms with Crippen LogP contribution >= 0.6 is 11.8 Å². The minimum absolute atomic E-state index is 0.114. The van der Waals surface area contributed by atoms with Crippen LogP contribution in [0.5, 0.6) is 11.5 Å². The van der Waals surface area contributed by atoms with Crippen molar-refractivity contribution in [3.63, 3.8) is 0 Å². The maximum Gasteiger partial charge on any atom is 0.240 e. The van der Waals surface area contributed by atoms with Gasteiger partial charge >= 0.3 is 0 Å². The summed E-state index contributed by atoms with van der Waals surface area (Å²) in [6, 6.07) is 15.0. The Hall–Kier alpha value is -3.00. The van der Waals surface area contributed by atoms with Crippen molar-refractivity contribution in [2.45, 2.75) is 10.9 Å². The number of ether oxygens (including phenoxy) is 1. The van der Waals surface area contributed by atoms with Crippen LogP contribution in [0.4, 0.5) is 5.95 Å². The fraction of sp³-hybridized carbons (Fsp3) is 0.118. The van der Waals surface area contributed by atoms with E-state index in [1.807, 2.05) is 18.2 Å². The topological polar surface area (TPSA) is 95.4 Å². The second-order valence-corrected chi connectivity index (χ2v) is 5.98. The Morgan fingerprint density at radius 2 is 2.12 bits per heavy atom. The molecule has 8 heteroatoms. The number of anilines is 1. The number of aromatic amines is 1. The van der Waals surface area contributed by atoms with Crippen molar-refractivity contribution in [1.29, 1.82) is 0 Å². The van der Waals surface area contributed by atoms with E-state index in [2.05, 4.69) is 37.8 Å². The Kier molecular flexibility index (Phi) is 5.53. The molecule has 2 aromatic carbocycles.